The summed E-state index contributed by atoms with van der Waals surface area (Å²) in [5.74, 6) is 0. The van der Waals surface area contributed by atoms with Crippen molar-refractivity contribution in [3.05, 3.63) is 23.8 Å². The molecule has 0 aliphatic carbocycles. The number of anilines is 2. The summed E-state index contributed by atoms with van der Waals surface area (Å²) in [6.45, 7) is 4.83. The Bertz CT molecular complexity index is 348. The molecule has 1 fully saturated rings. The van der Waals surface area contributed by atoms with Gasteiger partial charge in [-0.25, -0.2) is 0 Å². The highest BCUT2D eigenvalue weighted by molar-refractivity contribution is 5.63. The summed E-state index contributed by atoms with van der Waals surface area (Å²) in [5, 5.41) is 0. The van der Waals surface area contributed by atoms with Gasteiger partial charge in [-0.15, -0.1) is 0 Å². The summed E-state index contributed by atoms with van der Waals surface area (Å²) in [5.41, 5.74) is 14.0. The van der Waals surface area contributed by atoms with E-state index in [0.717, 1.165) is 39.3 Å². The fourth-order valence-corrected chi connectivity index (χ4v) is 1.89. The lowest BCUT2D eigenvalue weighted by Gasteiger charge is -2.26. The standard InChI is InChI=1S/C12H19N3O/c13-11-2-1-10(9-12(11)14)3-4-15-5-7-16-8-6-15/h1-2,9H,3-8,13-14H2. The van der Waals surface area contributed by atoms with Crippen LogP contribution in [-0.2, 0) is 11.2 Å². The largest absolute Gasteiger partial charge is 0.397 e. The van der Waals surface area contributed by atoms with Crippen molar-refractivity contribution in [3.8, 4) is 0 Å². The van der Waals surface area contributed by atoms with Crippen LogP contribution in [0.2, 0.25) is 0 Å². The molecule has 88 valence electrons. The number of morpholine rings is 1. The third-order valence-corrected chi connectivity index (χ3v) is 2.97. The van der Waals surface area contributed by atoms with Crippen molar-refractivity contribution in [2.45, 2.75) is 6.42 Å². The van der Waals surface area contributed by atoms with Crippen LogP contribution in [0.3, 0.4) is 0 Å². The Hall–Kier alpha value is -1.26. The third-order valence-electron chi connectivity index (χ3n) is 2.97. The van der Waals surface area contributed by atoms with Gasteiger partial charge in [-0.2, -0.15) is 0 Å². The van der Waals surface area contributed by atoms with E-state index in [1.54, 1.807) is 0 Å². The summed E-state index contributed by atoms with van der Waals surface area (Å²) >= 11 is 0. The number of nitrogens with zero attached hydrogens (tertiary/aromatic N) is 1. The molecule has 0 amide bonds. The highest BCUT2D eigenvalue weighted by Crippen LogP contribution is 2.16. The van der Waals surface area contributed by atoms with Gasteiger partial charge in [-0.3, -0.25) is 4.90 Å². The van der Waals surface area contributed by atoms with Gasteiger partial charge in [0.05, 0.1) is 24.6 Å². The zero-order valence-corrected chi connectivity index (χ0v) is 9.48. The van der Waals surface area contributed by atoms with Crippen molar-refractivity contribution >= 4 is 11.4 Å². The van der Waals surface area contributed by atoms with E-state index in [0.29, 0.717) is 11.4 Å². The molecule has 0 atom stereocenters. The summed E-state index contributed by atoms with van der Waals surface area (Å²) in [6, 6.07) is 5.89. The van der Waals surface area contributed by atoms with E-state index in [4.69, 9.17) is 16.2 Å². The Morgan fingerprint density at radius 2 is 1.88 bits per heavy atom. The summed E-state index contributed by atoms with van der Waals surface area (Å²) in [6.07, 6.45) is 1.02. The molecular weight excluding hydrogens is 202 g/mol. The van der Waals surface area contributed by atoms with Crippen LogP contribution < -0.4 is 11.5 Å². The molecule has 4 heteroatoms. The minimum atomic E-state index is 0.662. The van der Waals surface area contributed by atoms with Crippen molar-refractivity contribution in [1.82, 2.24) is 4.90 Å². The fraction of sp³-hybridized carbons (Fsp3) is 0.500. The molecule has 2 rings (SSSR count). The molecule has 1 saturated heterocycles. The van der Waals surface area contributed by atoms with Crippen LogP contribution in [0.1, 0.15) is 5.56 Å². The number of rotatable bonds is 3. The van der Waals surface area contributed by atoms with Crippen molar-refractivity contribution in [3.63, 3.8) is 0 Å². The molecule has 0 bridgehead atoms. The van der Waals surface area contributed by atoms with Gasteiger partial charge in [0.15, 0.2) is 0 Å². The summed E-state index contributed by atoms with van der Waals surface area (Å²) in [4.78, 5) is 2.41. The maximum absolute atomic E-state index is 5.77. The molecule has 4 nitrogen and oxygen atoms in total. The van der Waals surface area contributed by atoms with E-state index in [-0.39, 0.29) is 0 Å². The highest BCUT2D eigenvalue weighted by atomic mass is 16.5. The van der Waals surface area contributed by atoms with Gasteiger partial charge in [0, 0.05) is 19.6 Å². The number of nitrogens with two attached hydrogens (primary N) is 2. The molecule has 4 N–H and O–H groups in total. The van der Waals surface area contributed by atoms with Crippen LogP contribution in [-0.4, -0.2) is 37.7 Å². The fourth-order valence-electron chi connectivity index (χ4n) is 1.89. The SMILES string of the molecule is Nc1ccc(CCN2CCOCC2)cc1N. The molecule has 0 saturated carbocycles. The molecule has 0 aromatic heterocycles. The molecule has 0 radical (unpaired) electrons. The second-order valence-electron chi connectivity index (χ2n) is 4.17. The molecule has 1 aromatic rings. The average Bonchev–Trinajstić information content (AvgIpc) is 2.32. The van der Waals surface area contributed by atoms with Crippen LogP contribution in [0, 0.1) is 0 Å². The number of hydrogen-bond acceptors (Lipinski definition) is 4. The topological polar surface area (TPSA) is 64.5 Å². The lowest BCUT2D eigenvalue weighted by Crippen LogP contribution is -2.37. The van der Waals surface area contributed by atoms with Gasteiger partial charge in [0.25, 0.3) is 0 Å². The van der Waals surface area contributed by atoms with Gasteiger partial charge < -0.3 is 16.2 Å². The number of hydrogen-bond donors (Lipinski definition) is 2. The second kappa shape index (κ2) is 5.18. The monoisotopic (exact) mass is 221 g/mol. The Morgan fingerprint density at radius 3 is 2.56 bits per heavy atom. The van der Waals surface area contributed by atoms with Gasteiger partial charge in [0.1, 0.15) is 0 Å². The van der Waals surface area contributed by atoms with Crippen LogP contribution in [0.15, 0.2) is 18.2 Å². The molecule has 0 spiro atoms. The Labute approximate surface area is 96.2 Å². The van der Waals surface area contributed by atoms with Gasteiger partial charge in [-0.05, 0) is 24.1 Å². The molecule has 1 aromatic carbocycles. The molecule has 1 heterocycles. The maximum atomic E-state index is 5.77. The Morgan fingerprint density at radius 1 is 1.12 bits per heavy atom. The molecule has 1 aliphatic heterocycles. The average molecular weight is 221 g/mol. The van der Waals surface area contributed by atoms with E-state index in [9.17, 15) is 0 Å². The van der Waals surface area contributed by atoms with Crippen molar-refractivity contribution in [2.24, 2.45) is 0 Å². The lowest BCUT2D eigenvalue weighted by molar-refractivity contribution is 0.0384. The third kappa shape index (κ3) is 2.87. The maximum Gasteiger partial charge on any atom is 0.0594 e. The summed E-state index contributed by atoms with van der Waals surface area (Å²) in [7, 11) is 0. The van der Waals surface area contributed by atoms with Gasteiger partial charge in [0.2, 0.25) is 0 Å². The first-order valence-electron chi connectivity index (χ1n) is 5.69. The lowest BCUT2D eigenvalue weighted by atomic mass is 10.1. The van der Waals surface area contributed by atoms with Crippen molar-refractivity contribution in [1.29, 1.82) is 0 Å². The second-order valence-corrected chi connectivity index (χ2v) is 4.17. The minimum absolute atomic E-state index is 0.662. The zero-order chi connectivity index (χ0) is 11.4. The number of nitrogen functional groups attached to an aromatic ring is 2. The van der Waals surface area contributed by atoms with E-state index in [1.807, 2.05) is 18.2 Å². The van der Waals surface area contributed by atoms with Gasteiger partial charge in [-0.1, -0.05) is 6.07 Å². The number of ether oxygens (including phenoxy) is 1. The first kappa shape index (κ1) is 11.2. The molecular formula is C12H19N3O. The first-order valence-corrected chi connectivity index (χ1v) is 5.69. The van der Waals surface area contributed by atoms with E-state index >= 15 is 0 Å². The van der Waals surface area contributed by atoms with Crippen LogP contribution in [0.4, 0.5) is 11.4 Å². The highest BCUT2D eigenvalue weighted by Gasteiger charge is 2.09. The quantitative estimate of drug-likeness (QED) is 0.738. The molecule has 1 aliphatic rings. The van der Waals surface area contributed by atoms with E-state index in [1.165, 1.54) is 5.56 Å². The normalized spacial score (nSPS) is 17.5. The first-order chi connectivity index (χ1) is 7.75. The van der Waals surface area contributed by atoms with Crippen molar-refractivity contribution in [2.75, 3.05) is 44.3 Å². The van der Waals surface area contributed by atoms with Crippen LogP contribution in [0.25, 0.3) is 0 Å². The summed E-state index contributed by atoms with van der Waals surface area (Å²) < 4.78 is 5.31. The smallest absolute Gasteiger partial charge is 0.0594 e. The Balaban J connectivity index is 1.86. The zero-order valence-electron chi connectivity index (χ0n) is 9.48. The predicted molar refractivity (Wildman–Crippen MR) is 66.2 cm³/mol. The Kier molecular flexibility index (Phi) is 3.64. The van der Waals surface area contributed by atoms with Gasteiger partial charge >= 0.3 is 0 Å². The van der Waals surface area contributed by atoms with E-state index < -0.39 is 0 Å². The predicted octanol–water partition coefficient (Wildman–Crippen LogP) is 0.726. The molecule has 16 heavy (non-hydrogen) atoms. The van der Waals surface area contributed by atoms with E-state index in [2.05, 4.69) is 4.90 Å². The number of benzene rings is 1. The van der Waals surface area contributed by atoms with Crippen molar-refractivity contribution < 1.29 is 4.74 Å². The van der Waals surface area contributed by atoms with Crippen LogP contribution >= 0.6 is 0 Å². The van der Waals surface area contributed by atoms with Crippen LogP contribution in [0.5, 0.6) is 0 Å². The molecule has 0 unspecified atom stereocenters. The minimum Gasteiger partial charge on any atom is -0.397 e.